The molecule has 0 radical (unpaired) electrons. The summed E-state index contributed by atoms with van der Waals surface area (Å²) >= 11 is 4.66. The first-order valence-electron chi connectivity index (χ1n) is 9.54. The van der Waals surface area contributed by atoms with E-state index < -0.39 is 0 Å². The molecule has 7 nitrogen and oxygen atoms in total. The normalized spacial score (nSPS) is 13.9. The number of carbonyl (C=O) groups excluding carboxylic acids is 1. The van der Waals surface area contributed by atoms with E-state index in [9.17, 15) is 4.79 Å². The number of nitrogens with zero attached hydrogens (tertiary/aromatic N) is 5. The molecule has 4 aromatic rings. The molecule has 1 aliphatic rings. The molecule has 0 aromatic carbocycles. The van der Waals surface area contributed by atoms with Crippen LogP contribution in [-0.4, -0.2) is 36.2 Å². The number of nitrogens with one attached hydrogen (secondary N) is 1. The summed E-state index contributed by atoms with van der Waals surface area (Å²) < 4.78 is 1.99. The van der Waals surface area contributed by atoms with Crippen molar-refractivity contribution in [3.05, 3.63) is 26.8 Å². The molecule has 4 heterocycles. The van der Waals surface area contributed by atoms with E-state index in [0.29, 0.717) is 10.3 Å². The van der Waals surface area contributed by atoms with Gasteiger partial charge in [-0.2, -0.15) is 0 Å². The van der Waals surface area contributed by atoms with Crippen LogP contribution < -0.4 is 5.32 Å². The number of rotatable bonds is 4. The molecule has 0 saturated carbocycles. The Bertz CT molecular complexity index is 1230. The Labute approximate surface area is 180 Å². The molecular weight excluding hydrogens is 424 g/mol. The first kappa shape index (κ1) is 19.0. The van der Waals surface area contributed by atoms with Gasteiger partial charge in [0.15, 0.2) is 15.9 Å². The third kappa shape index (κ3) is 3.32. The van der Waals surface area contributed by atoms with Crippen LogP contribution in [0.3, 0.4) is 0 Å². The molecule has 10 heteroatoms. The van der Waals surface area contributed by atoms with Gasteiger partial charge in [0.1, 0.15) is 10.7 Å². The second kappa shape index (κ2) is 7.33. The Hall–Kier alpha value is -2.04. The second-order valence-electron chi connectivity index (χ2n) is 7.19. The predicted octanol–water partition coefficient (Wildman–Crippen LogP) is 4.33. The van der Waals surface area contributed by atoms with Crippen molar-refractivity contribution < 1.29 is 4.79 Å². The van der Waals surface area contributed by atoms with Gasteiger partial charge in [-0.05, 0) is 52.0 Å². The van der Waals surface area contributed by atoms with Gasteiger partial charge in [0.25, 0.3) is 0 Å². The van der Waals surface area contributed by atoms with Gasteiger partial charge in [0, 0.05) is 9.75 Å². The van der Waals surface area contributed by atoms with Crippen molar-refractivity contribution in [2.75, 3.05) is 11.1 Å². The van der Waals surface area contributed by atoms with Crippen LogP contribution in [0, 0.1) is 20.8 Å². The van der Waals surface area contributed by atoms with Crippen LogP contribution in [-0.2, 0) is 17.6 Å². The van der Waals surface area contributed by atoms with Crippen molar-refractivity contribution in [2.24, 2.45) is 0 Å². The van der Waals surface area contributed by atoms with E-state index in [-0.39, 0.29) is 11.7 Å². The Balaban J connectivity index is 1.42. The standard InChI is InChI=1S/C19H20N6OS3/c1-9-10(2)28-18(20-9)22-14(26)8-27-19-24-23-16-15-12-6-4-5-7-13(12)29-17(15)21-11(3)25(16)19/h4-8H2,1-3H3,(H,20,22,26). The summed E-state index contributed by atoms with van der Waals surface area (Å²) in [7, 11) is 0. The van der Waals surface area contributed by atoms with E-state index in [1.54, 1.807) is 11.3 Å². The molecule has 150 valence electrons. The van der Waals surface area contributed by atoms with E-state index in [1.807, 2.05) is 25.2 Å². The molecule has 1 aliphatic carbocycles. The van der Waals surface area contributed by atoms with Crippen LogP contribution in [0.25, 0.3) is 15.9 Å². The van der Waals surface area contributed by atoms with Crippen molar-refractivity contribution in [1.29, 1.82) is 0 Å². The van der Waals surface area contributed by atoms with E-state index in [2.05, 4.69) is 20.5 Å². The van der Waals surface area contributed by atoms with Gasteiger partial charge in [0.2, 0.25) is 5.91 Å². The Morgan fingerprint density at radius 1 is 1.14 bits per heavy atom. The zero-order valence-electron chi connectivity index (χ0n) is 16.4. The van der Waals surface area contributed by atoms with Crippen LogP contribution in [0.15, 0.2) is 5.16 Å². The zero-order valence-corrected chi connectivity index (χ0v) is 18.9. The lowest BCUT2D eigenvalue weighted by Gasteiger charge is -2.10. The average molecular weight is 445 g/mol. The third-order valence-corrected chi connectivity index (χ3v) is 8.31. The number of hydrogen-bond donors (Lipinski definition) is 1. The average Bonchev–Trinajstić information content (AvgIpc) is 3.35. The van der Waals surface area contributed by atoms with Gasteiger partial charge >= 0.3 is 0 Å². The van der Waals surface area contributed by atoms with Crippen molar-refractivity contribution in [3.8, 4) is 0 Å². The number of aryl methyl sites for hydroxylation is 5. The van der Waals surface area contributed by atoms with Crippen molar-refractivity contribution in [3.63, 3.8) is 0 Å². The van der Waals surface area contributed by atoms with Crippen molar-refractivity contribution in [1.82, 2.24) is 24.6 Å². The largest absolute Gasteiger partial charge is 0.301 e. The summed E-state index contributed by atoms with van der Waals surface area (Å²) in [6.45, 7) is 5.91. The maximum atomic E-state index is 12.4. The van der Waals surface area contributed by atoms with Crippen molar-refractivity contribution in [2.45, 2.75) is 51.6 Å². The molecule has 0 spiro atoms. The van der Waals surface area contributed by atoms with Crippen LogP contribution in [0.4, 0.5) is 5.13 Å². The molecule has 4 aromatic heterocycles. The molecule has 0 atom stereocenters. The number of fused-ring (bicyclic) bond motifs is 5. The molecule has 0 saturated heterocycles. The van der Waals surface area contributed by atoms with Gasteiger partial charge < -0.3 is 5.32 Å². The van der Waals surface area contributed by atoms with Gasteiger partial charge in [-0.3, -0.25) is 9.20 Å². The minimum atomic E-state index is -0.0971. The predicted molar refractivity (Wildman–Crippen MR) is 118 cm³/mol. The third-order valence-electron chi connectivity index (χ3n) is 5.20. The zero-order chi connectivity index (χ0) is 20.1. The highest BCUT2D eigenvalue weighted by molar-refractivity contribution is 7.99. The lowest BCUT2D eigenvalue weighted by Crippen LogP contribution is -2.14. The molecule has 29 heavy (non-hydrogen) atoms. The fraction of sp³-hybridized carbons (Fsp3) is 0.421. The summed E-state index contributed by atoms with van der Waals surface area (Å²) in [5.74, 6) is 1.00. The van der Waals surface area contributed by atoms with Crippen LogP contribution in [0.1, 0.15) is 39.7 Å². The Morgan fingerprint density at radius 3 is 2.76 bits per heavy atom. The lowest BCUT2D eigenvalue weighted by atomic mass is 9.97. The summed E-state index contributed by atoms with van der Waals surface area (Å²) in [6.07, 6.45) is 4.67. The number of aromatic nitrogens is 5. The fourth-order valence-corrected chi connectivity index (χ4v) is 6.60. The van der Waals surface area contributed by atoms with Gasteiger partial charge in [-0.25, -0.2) is 9.97 Å². The maximum Gasteiger partial charge on any atom is 0.236 e. The summed E-state index contributed by atoms with van der Waals surface area (Å²) in [5.41, 5.74) is 3.21. The molecule has 0 unspecified atom stereocenters. The molecule has 0 bridgehead atoms. The summed E-state index contributed by atoms with van der Waals surface area (Å²) in [6, 6.07) is 0. The number of thioether (sulfide) groups is 1. The first-order valence-corrected chi connectivity index (χ1v) is 12.2. The number of thiophene rings is 1. The van der Waals surface area contributed by atoms with Crippen molar-refractivity contribution >= 4 is 61.3 Å². The highest BCUT2D eigenvalue weighted by Gasteiger charge is 2.23. The lowest BCUT2D eigenvalue weighted by molar-refractivity contribution is -0.113. The minimum absolute atomic E-state index is 0.0971. The summed E-state index contributed by atoms with van der Waals surface area (Å²) in [5, 5.41) is 14.2. The van der Waals surface area contributed by atoms with E-state index in [4.69, 9.17) is 4.98 Å². The number of hydrogen-bond acceptors (Lipinski definition) is 8. The maximum absolute atomic E-state index is 12.4. The number of anilines is 1. The second-order valence-corrected chi connectivity index (χ2v) is 10.4. The smallest absolute Gasteiger partial charge is 0.236 e. The molecule has 5 rings (SSSR count). The number of amides is 1. The fourth-order valence-electron chi connectivity index (χ4n) is 3.69. The molecule has 0 fully saturated rings. The molecule has 1 N–H and O–H groups in total. The molecular formula is C19H20N6OS3. The van der Waals surface area contributed by atoms with Gasteiger partial charge in [0.05, 0.1) is 16.8 Å². The number of thiazole rings is 1. The Kier molecular flexibility index (Phi) is 4.79. The topological polar surface area (TPSA) is 85.1 Å². The van der Waals surface area contributed by atoms with Gasteiger partial charge in [-0.1, -0.05) is 11.8 Å². The van der Waals surface area contributed by atoms with Crippen LogP contribution in [0.2, 0.25) is 0 Å². The van der Waals surface area contributed by atoms with Gasteiger partial charge in [-0.15, -0.1) is 32.9 Å². The number of carbonyl (C=O) groups is 1. The van der Waals surface area contributed by atoms with E-state index in [1.165, 1.54) is 46.4 Å². The van der Waals surface area contributed by atoms with E-state index >= 15 is 0 Å². The Morgan fingerprint density at radius 2 is 1.97 bits per heavy atom. The van der Waals surface area contributed by atoms with Crippen LogP contribution in [0.5, 0.6) is 0 Å². The highest BCUT2D eigenvalue weighted by atomic mass is 32.2. The summed E-state index contributed by atoms with van der Waals surface area (Å²) in [4.78, 5) is 25.2. The highest BCUT2D eigenvalue weighted by Crippen LogP contribution is 2.38. The monoisotopic (exact) mass is 444 g/mol. The molecule has 1 amide bonds. The van der Waals surface area contributed by atoms with E-state index in [0.717, 1.165) is 45.1 Å². The quantitative estimate of drug-likeness (QED) is 0.472. The van der Waals surface area contributed by atoms with Crippen LogP contribution >= 0.6 is 34.4 Å². The minimum Gasteiger partial charge on any atom is -0.301 e. The molecule has 0 aliphatic heterocycles. The SMILES string of the molecule is Cc1nc(NC(=O)CSc2nnc3c4c5c(sc4nc(C)n23)CCCC5)sc1C. The first-order chi connectivity index (χ1) is 14.0.